The van der Waals surface area contributed by atoms with Crippen LogP contribution in [0.3, 0.4) is 0 Å². The van der Waals surface area contributed by atoms with Gasteiger partial charge >= 0.3 is 5.69 Å². The van der Waals surface area contributed by atoms with E-state index in [4.69, 9.17) is 0 Å². The molecule has 0 fully saturated rings. The van der Waals surface area contributed by atoms with Crippen LogP contribution in [0.4, 0.5) is 0 Å². The van der Waals surface area contributed by atoms with Crippen LogP contribution in [0.25, 0.3) is 11.0 Å². The number of H-pyrrole nitrogens is 2. The third-order valence-corrected chi connectivity index (χ3v) is 1.90. The van der Waals surface area contributed by atoms with Gasteiger partial charge in [0.25, 0.3) is 0 Å². The molecule has 0 aliphatic rings. The lowest BCUT2D eigenvalue weighted by atomic mass is 10.3. The van der Waals surface area contributed by atoms with Crippen molar-refractivity contribution in [1.29, 1.82) is 0 Å². The summed E-state index contributed by atoms with van der Waals surface area (Å²) in [5, 5.41) is 0. The molecule has 0 spiro atoms. The molecule has 3 nitrogen and oxygen atoms in total. The zero-order valence-electron chi connectivity index (χ0n) is 5.59. The topological polar surface area (TPSA) is 48.6 Å². The molecule has 1 aromatic carbocycles. The molecule has 11 heavy (non-hydrogen) atoms. The molecule has 0 atom stereocenters. The monoisotopic (exact) mass is 166 g/mol. The van der Waals surface area contributed by atoms with E-state index in [0.29, 0.717) is 0 Å². The summed E-state index contributed by atoms with van der Waals surface area (Å²) in [7, 11) is 0. The highest BCUT2D eigenvalue weighted by Crippen LogP contribution is 2.15. The van der Waals surface area contributed by atoms with E-state index < -0.39 is 0 Å². The van der Waals surface area contributed by atoms with Crippen LogP contribution < -0.4 is 5.69 Å². The molecule has 2 rings (SSSR count). The summed E-state index contributed by atoms with van der Waals surface area (Å²) in [5.41, 5.74) is 1.37. The summed E-state index contributed by atoms with van der Waals surface area (Å²) in [6.07, 6.45) is 0. The first-order valence-electron chi connectivity index (χ1n) is 3.17. The number of aromatic amines is 2. The fourth-order valence-electron chi connectivity index (χ4n) is 1.04. The van der Waals surface area contributed by atoms with Crippen LogP contribution in [0, 0.1) is 0 Å². The number of benzene rings is 1. The lowest BCUT2D eigenvalue weighted by Gasteiger charge is -1.90. The van der Waals surface area contributed by atoms with E-state index in [1.807, 2.05) is 18.2 Å². The Balaban J connectivity index is 3.01. The van der Waals surface area contributed by atoms with Crippen molar-refractivity contribution >= 4 is 23.7 Å². The number of rotatable bonds is 0. The standard InChI is InChI=1S/C7H6N2OS/c10-7-8-4-2-1-3-5(11)6(4)9-7/h1-3,11H,(H2,8,9,10). The van der Waals surface area contributed by atoms with E-state index in [2.05, 4.69) is 22.6 Å². The van der Waals surface area contributed by atoms with Gasteiger partial charge < -0.3 is 9.97 Å². The van der Waals surface area contributed by atoms with Gasteiger partial charge in [0.1, 0.15) is 0 Å². The van der Waals surface area contributed by atoms with Crippen molar-refractivity contribution < 1.29 is 0 Å². The van der Waals surface area contributed by atoms with Gasteiger partial charge in [-0.2, -0.15) is 0 Å². The Kier molecular flexibility index (Phi) is 1.29. The van der Waals surface area contributed by atoms with Crippen LogP contribution in [0.5, 0.6) is 0 Å². The first kappa shape index (κ1) is 6.54. The fraction of sp³-hybridized carbons (Fsp3) is 0. The van der Waals surface area contributed by atoms with E-state index in [1.54, 1.807) is 0 Å². The van der Waals surface area contributed by atoms with Gasteiger partial charge in [-0.15, -0.1) is 12.6 Å². The molecule has 0 saturated carbocycles. The van der Waals surface area contributed by atoms with Crippen LogP contribution in [-0.2, 0) is 0 Å². The third-order valence-electron chi connectivity index (χ3n) is 1.53. The van der Waals surface area contributed by atoms with Gasteiger partial charge in [-0.1, -0.05) is 6.07 Å². The molecule has 56 valence electrons. The van der Waals surface area contributed by atoms with Gasteiger partial charge in [0.15, 0.2) is 0 Å². The largest absolute Gasteiger partial charge is 0.323 e. The zero-order chi connectivity index (χ0) is 7.84. The second-order valence-electron chi connectivity index (χ2n) is 2.28. The van der Waals surface area contributed by atoms with E-state index in [0.717, 1.165) is 15.9 Å². The highest BCUT2D eigenvalue weighted by molar-refractivity contribution is 7.80. The first-order valence-corrected chi connectivity index (χ1v) is 3.62. The Bertz CT molecular complexity index is 443. The molecule has 2 N–H and O–H groups in total. The average molecular weight is 166 g/mol. The number of imidazole rings is 1. The molecule has 0 bridgehead atoms. The van der Waals surface area contributed by atoms with Crippen LogP contribution in [0.1, 0.15) is 0 Å². The highest BCUT2D eigenvalue weighted by atomic mass is 32.1. The smallest absolute Gasteiger partial charge is 0.306 e. The van der Waals surface area contributed by atoms with Gasteiger partial charge in [0.2, 0.25) is 0 Å². The molecule has 4 heteroatoms. The number of hydrogen-bond acceptors (Lipinski definition) is 2. The minimum atomic E-state index is -0.193. The maximum absolute atomic E-state index is 10.8. The van der Waals surface area contributed by atoms with Crippen LogP contribution in [0.2, 0.25) is 0 Å². The van der Waals surface area contributed by atoms with Gasteiger partial charge in [-0.25, -0.2) is 4.79 Å². The van der Waals surface area contributed by atoms with Crippen molar-refractivity contribution in [1.82, 2.24) is 9.97 Å². The van der Waals surface area contributed by atoms with Gasteiger partial charge in [0, 0.05) is 4.90 Å². The van der Waals surface area contributed by atoms with E-state index in [-0.39, 0.29) is 5.69 Å². The minimum Gasteiger partial charge on any atom is -0.306 e. The van der Waals surface area contributed by atoms with Crippen LogP contribution >= 0.6 is 12.6 Å². The van der Waals surface area contributed by atoms with Gasteiger partial charge in [0.05, 0.1) is 11.0 Å². The molecule has 0 unspecified atom stereocenters. The summed E-state index contributed by atoms with van der Waals surface area (Å²) in [5.74, 6) is 0. The lowest BCUT2D eigenvalue weighted by molar-refractivity contribution is 1.21. The van der Waals surface area contributed by atoms with Crippen molar-refractivity contribution in [2.24, 2.45) is 0 Å². The second kappa shape index (κ2) is 2.17. The van der Waals surface area contributed by atoms with Crippen molar-refractivity contribution in [3.63, 3.8) is 0 Å². The number of aromatic nitrogens is 2. The first-order chi connectivity index (χ1) is 5.27. The molecule has 0 amide bonds. The lowest BCUT2D eigenvalue weighted by Crippen LogP contribution is -1.99. The van der Waals surface area contributed by atoms with E-state index >= 15 is 0 Å². The number of thiol groups is 1. The Labute approximate surface area is 67.9 Å². The molecular formula is C7H6N2OS. The molecule has 0 radical (unpaired) electrons. The summed E-state index contributed by atoms with van der Waals surface area (Å²) >= 11 is 4.17. The average Bonchev–Trinajstić information content (AvgIpc) is 2.31. The summed E-state index contributed by atoms with van der Waals surface area (Å²) in [4.78, 5) is 16.9. The molecule has 0 aliphatic heterocycles. The van der Waals surface area contributed by atoms with Crippen LogP contribution in [0.15, 0.2) is 27.9 Å². The Morgan fingerprint density at radius 2 is 2.09 bits per heavy atom. The van der Waals surface area contributed by atoms with Gasteiger partial charge in [-0.3, -0.25) is 0 Å². The zero-order valence-corrected chi connectivity index (χ0v) is 6.48. The quantitative estimate of drug-likeness (QED) is 0.505. The molecule has 1 aromatic heterocycles. The van der Waals surface area contributed by atoms with Crippen LogP contribution in [-0.4, -0.2) is 9.97 Å². The van der Waals surface area contributed by atoms with Gasteiger partial charge in [-0.05, 0) is 12.1 Å². The predicted molar refractivity (Wildman–Crippen MR) is 46.2 cm³/mol. The van der Waals surface area contributed by atoms with Crippen molar-refractivity contribution in [2.45, 2.75) is 4.90 Å². The third kappa shape index (κ3) is 0.952. The molecule has 2 aromatic rings. The van der Waals surface area contributed by atoms with E-state index in [1.165, 1.54) is 0 Å². The maximum atomic E-state index is 10.8. The fourth-order valence-corrected chi connectivity index (χ4v) is 1.31. The Hall–Kier alpha value is -1.16. The van der Waals surface area contributed by atoms with E-state index in [9.17, 15) is 4.79 Å². The van der Waals surface area contributed by atoms with Crippen molar-refractivity contribution in [2.75, 3.05) is 0 Å². The molecule has 0 saturated heterocycles. The molecular weight excluding hydrogens is 160 g/mol. The normalized spacial score (nSPS) is 10.6. The number of nitrogens with one attached hydrogen (secondary N) is 2. The summed E-state index contributed by atoms with van der Waals surface area (Å²) in [6.45, 7) is 0. The molecule has 1 heterocycles. The number of hydrogen-bond donors (Lipinski definition) is 3. The SMILES string of the molecule is O=c1[nH]c2cccc(S)c2[nH]1. The predicted octanol–water partition coefficient (Wildman–Crippen LogP) is 1.14. The molecule has 0 aliphatic carbocycles. The van der Waals surface area contributed by atoms with Crippen molar-refractivity contribution in [3.8, 4) is 0 Å². The summed E-state index contributed by atoms with van der Waals surface area (Å²) < 4.78 is 0. The Morgan fingerprint density at radius 3 is 2.82 bits per heavy atom. The summed E-state index contributed by atoms with van der Waals surface area (Å²) in [6, 6.07) is 5.50. The highest BCUT2D eigenvalue weighted by Gasteiger charge is 1.98. The van der Waals surface area contributed by atoms with Crippen molar-refractivity contribution in [3.05, 3.63) is 28.7 Å². The maximum Gasteiger partial charge on any atom is 0.323 e. The minimum absolute atomic E-state index is 0.193. The number of para-hydroxylation sites is 1. The second-order valence-corrected chi connectivity index (χ2v) is 2.76. The number of fused-ring (bicyclic) bond motifs is 1. The Morgan fingerprint density at radius 1 is 1.27 bits per heavy atom.